The molecule has 3 heterocycles. The van der Waals surface area contributed by atoms with Gasteiger partial charge in [-0.1, -0.05) is 55.5 Å². The summed E-state index contributed by atoms with van der Waals surface area (Å²) in [7, 11) is 1.63. The number of nitro benzene ring substituents is 1. The standard InChI is InChI=1S/C38H35N3O7S/c1-7-47-37(43)33-34(24-11-9-8-10-12-24)39-38-40(35(33)29-20-28(21(2)3)31(46-6)18-23(29)5)36(42)32(49-38)19-26-14-16-30(48-26)27-15-13-25(41(44)45)17-22(27)4/h8-21,35H,7H2,1-6H3. The Morgan fingerprint density at radius 1 is 1.08 bits per heavy atom. The molecule has 6 rings (SSSR count). The lowest BCUT2D eigenvalue weighted by molar-refractivity contribution is -0.384. The molecule has 10 nitrogen and oxygen atoms in total. The van der Waals surface area contributed by atoms with Crippen molar-refractivity contribution in [2.75, 3.05) is 13.7 Å². The summed E-state index contributed by atoms with van der Waals surface area (Å²) in [5.41, 5.74) is 5.01. The molecular weight excluding hydrogens is 642 g/mol. The van der Waals surface area contributed by atoms with Gasteiger partial charge >= 0.3 is 5.97 Å². The van der Waals surface area contributed by atoms with Gasteiger partial charge in [-0.2, -0.15) is 0 Å². The Balaban J connectivity index is 1.59. The lowest BCUT2D eigenvalue weighted by Crippen LogP contribution is -2.40. The number of nitro groups is 1. The molecule has 1 unspecified atom stereocenters. The number of furan rings is 1. The van der Waals surface area contributed by atoms with Crippen molar-refractivity contribution in [3.05, 3.63) is 142 Å². The predicted octanol–water partition coefficient (Wildman–Crippen LogP) is 6.85. The molecule has 0 N–H and O–H groups in total. The van der Waals surface area contributed by atoms with Crippen molar-refractivity contribution in [3.8, 4) is 17.1 Å². The zero-order valence-electron chi connectivity index (χ0n) is 28.0. The highest BCUT2D eigenvalue weighted by molar-refractivity contribution is 7.07. The minimum Gasteiger partial charge on any atom is -0.496 e. The Labute approximate surface area is 286 Å². The van der Waals surface area contributed by atoms with E-state index in [0.29, 0.717) is 37.7 Å². The van der Waals surface area contributed by atoms with Gasteiger partial charge in [0.05, 0.1) is 40.5 Å². The summed E-state index contributed by atoms with van der Waals surface area (Å²) in [4.78, 5) is 44.5. The van der Waals surface area contributed by atoms with Crippen molar-refractivity contribution in [2.45, 2.75) is 46.6 Å². The van der Waals surface area contributed by atoms with Gasteiger partial charge in [0.1, 0.15) is 17.3 Å². The lowest BCUT2D eigenvalue weighted by atomic mass is 9.87. The second-order valence-electron chi connectivity index (χ2n) is 12.0. The zero-order chi connectivity index (χ0) is 35.0. The summed E-state index contributed by atoms with van der Waals surface area (Å²) in [6, 6.07) is 20.6. The zero-order valence-corrected chi connectivity index (χ0v) is 28.8. The Bertz CT molecular complexity index is 2310. The van der Waals surface area contributed by atoms with E-state index >= 15 is 0 Å². The van der Waals surface area contributed by atoms with Crippen LogP contribution in [0.5, 0.6) is 5.75 Å². The molecule has 49 heavy (non-hydrogen) atoms. The van der Waals surface area contributed by atoms with Crippen LogP contribution >= 0.6 is 11.3 Å². The number of carbonyl (C=O) groups is 1. The molecule has 0 bridgehead atoms. The van der Waals surface area contributed by atoms with Crippen LogP contribution in [0.2, 0.25) is 0 Å². The third kappa shape index (κ3) is 6.25. The third-order valence-electron chi connectivity index (χ3n) is 8.50. The van der Waals surface area contributed by atoms with Crippen LogP contribution in [0.4, 0.5) is 5.69 Å². The van der Waals surface area contributed by atoms with Gasteiger partial charge in [-0.25, -0.2) is 9.79 Å². The number of nitrogens with zero attached hydrogens (tertiary/aromatic N) is 3. The molecule has 3 aromatic carbocycles. The fourth-order valence-corrected chi connectivity index (χ4v) is 7.10. The van der Waals surface area contributed by atoms with Gasteiger partial charge in [-0.05, 0) is 79.3 Å². The molecule has 0 fully saturated rings. The Morgan fingerprint density at radius 3 is 2.49 bits per heavy atom. The van der Waals surface area contributed by atoms with Gasteiger partial charge in [-0.15, -0.1) is 0 Å². The highest BCUT2D eigenvalue weighted by Gasteiger charge is 2.36. The number of benzene rings is 3. The first-order valence-electron chi connectivity index (χ1n) is 15.8. The first-order valence-corrected chi connectivity index (χ1v) is 16.7. The van der Waals surface area contributed by atoms with Crippen LogP contribution in [0.25, 0.3) is 23.1 Å². The number of non-ortho nitro benzene ring substituents is 1. The predicted molar refractivity (Wildman–Crippen MR) is 188 cm³/mol. The Hall–Kier alpha value is -5.55. The van der Waals surface area contributed by atoms with Crippen molar-refractivity contribution >= 4 is 34.8 Å². The van der Waals surface area contributed by atoms with Crippen LogP contribution < -0.4 is 19.6 Å². The van der Waals surface area contributed by atoms with Gasteiger partial charge < -0.3 is 13.9 Å². The largest absolute Gasteiger partial charge is 0.496 e. The summed E-state index contributed by atoms with van der Waals surface area (Å²) in [5, 5.41) is 11.2. The van der Waals surface area contributed by atoms with Crippen molar-refractivity contribution in [1.29, 1.82) is 0 Å². The maximum absolute atomic E-state index is 14.4. The number of ether oxygens (including phenoxy) is 2. The summed E-state index contributed by atoms with van der Waals surface area (Å²) in [6.45, 7) is 9.74. The molecule has 250 valence electrons. The normalized spacial score (nSPS) is 14.5. The van der Waals surface area contributed by atoms with E-state index < -0.39 is 16.9 Å². The average Bonchev–Trinajstić information content (AvgIpc) is 3.67. The molecule has 5 aromatic rings. The Morgan fingerprint density at radius 2 is 1.84 bits per heavy atom. The molecule has 2 aromatic heterocycles. The molecular formula is C38H35N3O7S. The van der Waals surface area contributed by atoms with E-state index in [9.17, 15) is 19.7 Å². The lowest BCUT2D eigenvalue weighted by Gasteiger charge is -2.28. The molecule has 0 radical (unpaired) electrons. The number of methoxy groups -OCH3 is 1. The van der Waals surface area contributed by atoms with E-state index in [4.69, 9.17) is 18.9 Å². The van der Waals surface area contributed by atoms with Gasteiger partial charge in [0, 0.05) is 29.3 Å². The average molecular weight is 678 g/mol. The molecule has 0 amide bonds. The van der Waals surface area contributed by atoms with Gasteiger partial charge in [0.25, 0.3) is 11.2 Å². The highest BCUT2D eigenvalue weighted by Crippen LogP contribution is 2.40. The van der Waals surface area contributed by atoms with Crippen LogP contribution in [0.15, 0.2) is 92.6 Å². The van der Waals surface area contributed by atoms with Crippen LogP contribution in [0.1, 0.15) is 66.3 Å². The number of aromatic nitrogens is 1. The molecule has 0 saturated heterocycles. The molecule has 0 aliphatic carbocycles. The van der Waals surface area contributed by atoms with Crippen LogP contribution in [-0.4, -0.2) is 29.2 Å². The fourth-order valence-electron chi connectivity index (χ4n) is 6.12. The van der Waals surface area contributed by atoms with E-state index in [1.54, 1.807) is 49.8 Å². The third-order valence-corrected chi connectivity index (χ3v) is 9.48. The van der Waals surface area contributed by atoms with Crippen molar-refractivity contribution < 1.29 is 23.6 Å². The van der Waals surface area contributed by atoms with Crippen molar-refractivity contribution in [2.24, 2.45) is 4.99 Å². The first kappa shape index (κ1) is 33.4. The summed E-state index contributed by atoms with van der Waals surface area (Å²) in [6.07, 6.45) is 1.65. The number of hydrogen-bond donors (Lipinski definition) is 0. The molecule has 11 heteroatoms. The minimum atomic E-state index is -0.842. The van der Waals surface area contributed by atoms with Crippen LogP contribution in [-0.2, 0) is 9.53 Å². The molecule has 0 saturated carbocycles. The van der Waals surface area contributed by atoms with Crippen LogP contribution in [0, 0.1) is 24.0 Å². The van der Waals surface area contributed by atoms with Gasteiger partial charge in [0.15, 0.2) is 4.80 Å². The van der Waals surface area contributed by atoms with E-state index in [1.807, 2.05) is 49.4 Å². The monoisotopic (exact) mass is 677 g/mol. The molecule has 1 atom stereocenters. The van der Waals surface area contributed by atoms with Crippen LogP contribution in [0.3, 0.4) is 0 Å². The van der Waals surface area contributed by atoms with E-state index in [-0.39, 0.29) is 29.3 Å². The molecule has 1 aliphatic rings. The second kappa shape index (κ2) is 13.5. The number of hydrogen-bond acceptors (Lipinski definition) is 9. The maximum atomic E-state index is 14.4. The molecule has 0 spiro atoms. The maximum Gasteiger partial charge on any atom is 0.338 e. The number of esters is 1. The molecule has 1 aliphatic heterocycles. The topological polar surface area (TPSA) is 126 Å². The highest BCUT2D eigenvalue weighted by atomic mass is 32.1. The van der Waals surface area contributed by atoms with E-state index in [0.717, 1.165) is 28.0 Å². The summed E-state index contributed by atoms with van der Waals surface area (Å²) < 4.78 is 19.4. The number of fused-ring (bicyclic) bond motifs is 1. The number of thiazole rings is 1. The summed E-state index contributed by atoms with van der Waals surface area (Å²) >= 11 is 1.20. The minimum absolute atomic E-state index is 0.00614. The van der Waals surface area contributed by atoms with Gasteiger partial charge in [-0.3, -0.25) is 19.5 Å². The quantitative estimate of drug-likeness (QED) is 0.0949. The second-order valence-corrected chi connectivity index (χ2v) is 13.0. The van der Waals surface area contributed by atoms with Crippen molar-refractivity contribution in [1.82, 2.24) is 4.57 Å². The summed E-state index contributed by atoms with van der Waals surface area (Å²) in [5.74, 6) is 1.20. The number of aryl methyl sites for hydroxylation is 2. The smallest absolute Gasteiger partial charge is 0.338 e. The first-order chi connectivity index (χ1) is 23.5. The van der Waals surface area contributed by atoms with E-state index in [1.165, 1.54) is 23.5 Å². The van der Waals surface area contributed by atoms with E-state index in [2.05, 4.69) is 13.8 Å². The fraction of sp³-hybridized carbons (Fsp3) is 0.237. The van der Waals surface area contributed by atoms with Gasteiger partial charge in [0.2, 0.25) is 0 Å². The number of carbonyl (C=O) groups excluding carboxylic acids is 1. The Kier molecular flexibility index (Phi) is 9.20. The number of rotatable bonds is 9. The SMILES string of the molecule is CCOC(=O)C1=C(c2ccccc2)N=c2sc(=Cc3ccc(-c4ccc([N+](=O)[O-])cc4C)o3)c(=O)n2C1c1cc(C(C)C)c(OC)cc1C. The van der Waals surface area contributed by atoms with Crippen molar-refractivity contribution in [3.63, 3.8) is 0 Å².